The molecule has 2 N–H and O–H groups in total. The summed E-state index contributed by atoms with van der Waals surface area (Å²) >= 11 is 0. The van der Waals surface area contributed by atoms with Gasteiger partial charge < -0.3 is 15.5 Å². The van der Waals surface area contributed by atoms with Crippen LogP contribution in [-0.4, -0.2) is 35.9 Å². The van der Waals surface area contributed by atoms with Crippen molar-refractivity contribution in [3.63, 3.8) is 0 Å². The molecule has 2 aliphatic rings. The van der Waals surface area contributed by atoms with Gasteiger partial charge in [-0.25, -0.2) is 4.99 Å². The monoisotopic (exact) mass is 370 g/mol. The first-order chi connectivity index (χ1) is 13.2. The van der Waals surface area contributed by atoms with Crippen molar-refractivity contribution in [2.45, 2.75) is 71.5 Å². The predicted octanol–water partition coefficient (Wildman–Crippen LogP) is 3.44. The van der Waals surface area contributed by atoms with Gasteiger partial charge in [0.15, 0.2) is 5.96 Å². The van der Waals surface area contributed by atoms with Crippen LogP contribution in [0.15, 0.2) is 29.3 Å². The molecule has 27 heavy (non-hydrogen) atoms. The molecule has 1 heterocycles. The number of nitrogens with zero attached hydrogens (tertiary/aromatic N) is 2. The lowest BCUT2D eigenvalue weighted by atomic mass is 9.87. The number of carbonyl (C=O) groups excluding carboxylic acids is 1. The first kappa shape index (κ1) is 19.7. The summed E-state index contributed by atoms with van der Waals surface area (Å²) in [5, 5.41) is 7.01. The molecular weight excluding hydrogens is 336 g/mol. The van der Waals surface area contributed by atoms with Crippen LogP contribution in [0.1, 0.15) is 63.5 Å². The Kier molecular flexibility index (Phi) is 7.13. The number of hydrogen-bond donors (Lipinski definition) is 2. The highest BCUT2D eigenvalue weighted by molar-refractivity contribution is 5.80. The van der Waals surface area contributed by atoms with E-state index in [1.807, 2.05) is 4.90 Å². The minimum Gasteiger partial charge on any atom is -0.357 e. The summed E-state index contributed by atoms with van der Waals surface area (Å²) in [5.41, 5.74) is 2.41. The number of hydrogen-bond acceptors (Lipinski definition) is 2. The van der Waals surface area contributed by atoms with E-state index in [2.05, 4.69) is 48.7 Å². The second-order valence-corrected chi connectivity index (χ2v) is 7.98. The number of likely N-dealkylation sites (tertiary alicyclic amines) is 1. The lowest BCUT2D eigenvalue weighted by molar-refractivity contribution is -0.128. The molecule has 148 valence electrons. The highest BCUT2D eigenvalue weighted by atomic mass is 16.2. The van der Waals surface area contributed by atoms with E-state index >= 15 is 0 Å². The van der Waals surface area contributed by atoms with E-state index in [0.717, 1.165) is 31.4 Å². The zero-order valence-corrected chi connectivity index (χ0v) is 16.8. The van der Waals surface area contributed by atoms with Gasteiger partial charge in [-0.1, -0.05) is 31.2 Å². The van der Waals surface area contributed by atoms with Gasteiger partial charge in [0.25, 0.3) is 0 Å². The largest absolute Gasteiger partial charge is 0.357 e. The number of carbonyl (C=O) groups is 1. The summed E-state index contributed by atoms with van der Waals surface area (Å²) in [6.45, 7) is 7.52. The summed E-state index contributed by atoms with van der Waals surface area (Å²) in [6, 6.07) is 8.89. The van der Waals surface area contributed by atoms with E-state index in [1.165, 1.54) is 36.8 Å². The second-order valence-electron chi connectivity index (χ2n) is 7.98. The van der Waals surface area contributed by atoms with Crippen molar-refractivity contribution < 1.29 is 4.79 Å². The highest BCUT2D eigenvalue weighted by Gasteiger charge is 2.21. The molecule has 1 saturated heterocycles. The van der Waals surface area contributed by atoms with Gasteiger partial charge in [-0.15, -0.1) is 0 Å². The summed E-state index contributed by atoms with van der Waals surface area (Å²) < 4.78 is 0. The molecule has 0 unspecified atom stereocenters. The van der Waals surface area contributed by atoms with Crippen molar-refractivity contribution >= 4 is 11.9 Å². The summed E-state index contributed by atoms with van der Waals surface area (Å²) in [7, 11) is 0. The van der Waals surface area contributed by atoms with E-state index in [9.17, 15) is 4.79 Å². The number of guanidine groups is 1. The van der Waals surface area contributed by atoms with Gasteiger partial charge in [0.2, 0.25) is 5.91 Å². The number of amides is 1. The Morgan fingerprint density at radius 1 is 1.19 bits per heavy atom. The molecule has 0 spiro atoms. The minimum absolute atomic E-state index is 0.273. The summed E-state index contributed by atoms with van der Waals surface area (Å²) in [6.07, 6.45) is 6.70. The molecule has 5 nitrogen and oxygen atoms in total. The Bertz CT molecular complexity index is 649. The standard InChI is InChI=1S/C22H34N4O/c1-3-23-22(25-20-12-10-17(2)11-13-20)24-15-18-7-4-5-8-19(18)16-26-14-6-9-21(26)27/h4-5,7-8,17,20H,3,6,9-16H2,1-2H3,(H2,23,24,25). The fraction of sp³-hybridized carbons (Fsp3) is 0.636. The molecule has 0 aromatic heterocycles. The Morgan fingerprint density at radius 3 is 2.59 bits per heavy atom. The predicted molar refractivity (Wildman–Crippen MR) is 110 cm³/mol. The van der Waals surface area contributed by atoms with Crippen LogP contribution in [0.4, 0.5) is 0 Å². The topological polar surface area (TPSA) is 56.7 Å². The van der Waals surface area contributed by atoms with Crippen molar-refractivity contribution in [3.8, 4) is 0 Å². The van der Waals surface area contributed by atoms with E-state index < -0.39 is 0 Å². The van der Waals surface area contributed by atoms with E-state index in [4.69, 9.17) is 4.99 Å². The van der Waals surface area contributed by atoms with Crippen LogP contribution < -0.4 is 10.6 Å². The third kappa shape index (κ3) is 5.72. The molecule has 1 aliphatic heterocycles. The van der Waals surface area contributed by atoms with Gasteiger partial charge in [0.1, 0.15) is 0 Å². The van der Waals surface area contributed by atoms with E-state index in [1.54, 1.807) is 0 Å². The van der Waals surface area contributed by atoms with Crippen molar-refractivity contribution in [2.75, 3.05) is 13.1 Å². The molecular formula is C22H34N4O. The Balaban J connectivity index is 1.64. The molecule has 1 aromatic carbocycles. The Labute approximate surface area is 163 Å². The molecule has 0 atom stereocenters. The van der Waals surface area contributed by atoms with Crippen molar-refractivity contribution in [3.05, 3.63) is 35.4 Å². The maximum Gasteiger partial charge on any atom is 0.222 e. The van der Waals surface area contributed by atoms with Gasteiger partial charge in [-0.2, -0.15) is 0 Å². The normalized spacial score (nSPS) is 23.6. The molecule has 3 rings (SSSR count). The van der Waals surface area contributed by atoms with Crippen LogP contribution in [0.2, 0.25) is 0 Å². The maximum atomic E-state index is 12.0. The molecule has 2 fully saturated rings. The summed E-state index contributed by atoms with van der Waals surface area (Å²) in [5.74, 6) is 2.03. The van der Waals surface area contributed by atoms with Crippen LogP contribution in [0.5, 0.6) is 0 Å². The van der Waals surface area contributed by atoms with Gasteiger partial charge in [-0.05, 0) is 56.1 Å². The third-order valence-corrected chi connectivity index (χ3v) is 5.76. The quantitative estimate of drug-likeness (QED) is 0.596. The van der Waals surface area contributed by atoms with Gasteiger partial charge >= 0.3 is 0 Å². The number of benzene rings is 1. The SMILES string of the molecule is CCNC(=NCc1ccccc1CN1CCCC1=O)NC1CCC(C)CC1. The van der Waals surface area contributed by atoms with E-state index in [-0.39, 0.29) is 5.91 Å². The maximum absolute atomic E-state index is 12.0. The zero-order chi connectivity index (χ0) is 19.1. The van der Waals surface area contributed by atoms with Crippen LogP contribution in [0.25, 0.3) is 0 Å². The average molecular weight is 371 g/mol. The minimum atomic E-state index is 0.273. The van der Waals surface area contributed by atoms with E-state index in [0.29, 0.717) is 25.6 Å². The molecule has 0 radical (unpaired) electrons. The summed E-state index contributed by atoms with van der Waals surface area (Å²) in [4.78, 5) is 18.8. The number of nitrogens with one attached hydrogen (secondary N) is 2. The van der Waals surface area contributed by atoms with Crippen molar-refractivity contribution in [1.82, 2.24) is 15.5 Å². The second kappa shape index (κ2) is 9.77. The van der Waals surface area contributed by atoms with Crippen LogP contribution in [-0.2, 0) is 17.9 Å². The zero-order valence-electron chi connectivity index (χ0n) is 16.8. The molecule has 5 heteroatoms. The first-order valence-electron chi connectivity index (χ1n) is 10.5. The van der Waals surface area contributed by atoms with Gasteiger partial charge in [0.05, 0.1) is 6.54 Å². The lowest BCUT2D eigenvalue weighted by Crippen LogP contribution is -2.44. The fourth-order valence-corrected chi connectivity index (χ4v) is 4.02. The van der Waals surface area contributed by atoms with Gasteiger partial charge in [-0.3, -0.25) is 4.79 Å². The Morgan fingerprint density at radius 2 is 1.93 bits per heavy atom. The number of rotatable bonds is 6. The van der Waals surface area contributed by atoms with Crippen LogP contribution in [0, 0.1) is 5.92 Å². The molecule has 1 saturated carbocycles. The van der Waals surface area contributed by atoms with Crippen molar-refractivity contribution in [1.29, 1.82) is 0 Å². The van der Waals surface area contributed by atoms with Crippen molar-refractivity contribution in [2.24, 2.45) is 10.9 Å². The average Bonchev–Trinajstić information content (AvgIpc) is 3.07. The third-order valence-electron chi connectivity index (χ3n) is 5.76. The fourth-order valence-electron chi connectivity index (χ4n) is 4.02. The molecule has 1 amide bonds. The molecule has 0 bridgehead atoms. The molecule has 1 aromatic rings. The first-order valence-corrected chi connectivity index (χ1v) is 10.5. The number of aliphatic imine (C=N–C) groups is 1. The lowest BCUT2D eigenvalue weighted by Gasteiger charge is -2.28. The Hall–Kier alpha value is -2.04. The molecule has 1 aliphatic carbocycles. The smallest absolute Gasteiger partial charge is 0.222 e. The van der Waals surface area contributed by atoms with Gasteiger partial charge in [0, 0.05) is 32.1 Å². The highest BCUT2D eigenvalue weighted by Crippen LogP contribution is 2.23. The van der Waals surface area contributed by atoms with Crippen LogP contribution in [0.3, 0.4) is 0 Å². The van der Waals surface area contributed by atoms with Crippen LogP contribution >= 0.6 is 0 Å².